The maximum absolute atomic E-state index is 2.48. The van der Waals surface area contributed by atoms with Gasteiger partial charge in [0.2, 0.25) is 0 Å². The number of aryl methyl sites for hydroxylation is 1. The smallest absolute Gasteiger partial charge is 0.00314 e. The predicted molar refractivity (Wildman–Crippen MR) is 131 cm³/mol. The minimum Gasteiger partial charge on any atom is -0.748 e. The number of anilines is 1. The fraction of sp³-hybridized carbons (Fsp3) is 0.185. The van der Waals surface area contributed by atoms with Crippen LogP contribution in [0.3, 0.4) is 0 Å². The Bertz CT molecular complexity index is 885. The van der Waals surface area contributed by atoms with Gasteiger partial charge in [-0.25, -0.2) is 6.07 Å². The molecule has 0 radical (unpaired) electrons. The number of benzene rings is 2. The van der Waals surface area contributed by atoms with Crippen molar-refractivity contribution in [1.82, 2.24) is 0 Å². The first kappa shape index (κ1) is 24.2. The molecule has 0 atom stereocenters. The van der Waals surface area contributed by atoms with Crippen LogP contribution in [0.15, 0.2) is 103 Å². The second-order valence-electron chi connectivity index (χ2n) is 6.89. The molecule has 0 bridgehead atoms. The number of hydrogen-bond acceptors (Lipinski definition) is 1. The predicted octanol–water partition coefficient (Wildman–Crippen LogP) is 5.72. The molecule has 4 aromatic rings. The summed E-state index contributed by atoms with van der Waals surface area (Å²) in [6.07, 6.45) is 0. The van der Waals surface area contributed by atoms with Gasteiger partial charge in [-0.05, 0) is 32.4 Å². The van der Waals surface area contributed by atoms with Gasteiger partial charge in [0.15, 0.2) is 0 Å². The summed E-state index contributed by atoms with van der Waals surface area (Å²) in [5, 5.41) is 4.34. The SMILES string of the molecule is CCN(CC)[c-]1ccc(C)c1P(c1ccccc1)c1ccccc1.[Fe].[cH-]1[cH-][cH-][cH-][cH-]1. The van der Waals surface area contributed by atoms with Crippen LogP contribution in [0, 0.1) is 6.92 Å². The molecule has 0 spiro atoms. The van der Waals surface area contributed by atoms with Crippen LogP contribution in [0.2, 0.25) is 0 Å². The van der Waals surface area contributed by atoms with E-state index in [4.69, 9.17) is 0 Å². The van der Waals surface area contributed by atoms with Crippen LogP contribution >= 0.6 is 7.92 Å². The summed E-state index contributed by atoms with van der Waals surface area (Å²) in [5.41, 5.74) is 2.80. The van der Waals surface area contributed by atoms with Gasteiger partial charge in [0.05, 0.1) is 0 Å². The van der Waals surface area contributed by atoms with Crippen molar-refractivity contribution in [2.24, 2.45) is 0 Å². The molecule has 0 unspecified atom stereocenters. The fourth-order valence-electron chi connectivity index (χ4n) is 3.56. The van der Waals surface area contributed by atoms with Crippen molar-refractivity contribution in [1.29, 1.82) is 0 Å². The van der Waals surface area contributed by atoms with E-state index in [1.54, 1.807) is 0 Å². The topological polar surface area (TPSA) is 3.24 Å². The van der Waals surface area contributed by atoms with Crippen molar-refractivity contribution in [2.75, 3.05) is 18.0 Å². The van der Waals surface area contributed by atoms with E-state index in [9.17, 15) is 0 Å². The van der Waals surface area contributed by atoms with Gasteiger partial charge in [0, 0.05) is 30.2 Å². The normalized spacial score (nSPS) is 10.1. The molecule has 3 heteroatoms. The van der Waals surface area contributed by atoms with E-state index in [0.717, 1.165) is 13.1 Å². The van der Waals surface area contributed by atoms with Gasteiger partial charge < -0.3 is 35.2 Å². The molecule has 0 aromatic heterocycles. The number of nitrogens with zero attached hydrogens (tertiary/aromatic N) is 1. The van der Waals surface area contributed by atoms with Crippen LogP contribution < -0.4 is 20.8 Å². The van der Waals surface area contributed by atoms with Crippen LogP contribution in [0.5, 0.6) is 0 Å². The molecule has 4 aromatic carbocycles. The van der Waals surface area contributed by atoms with Gasteiger partial charge in [-0.3, -0.25) is 0 Å². The van der Waals surface area contributed by atoms with Gasteiger partial charge in [-0.1, -0.05) is 73.3 Å². The summed E-state index contributed by atoms with van der Waals surface area (Å²) < 4.78 is 0. The van der Waals surface area contributed by atoms with Gasteiger partial charge in [-0.15, -0.1) is 5.30 Å². The first-order chi connectivity index (χ1) is 14.3. The molecule has 0 heterocycles. The van der Waals surface area contributed by atoms with Gasteiger partial charge in [-0.2, -0.15) is 11.6 Å². The van der Waals surface area contributed by atoms with Crippen molar-refractivity contribution in [3.8, 4) is 0 Å². The standard InChI is InChI=1S/C22H25NP.C5H5.Fe/c1-4-23(5-2)21-17-16-18(3)22(21)24(19-12-8-6-9-13-19)20-14-10-7-11-15-20;1-2-4-5-3-1;/h6-17H,4-5H2,1-3H3;1-5H;/q-1;-5;. The first-order valence-electron chi connectivity index (χ1n) is 10.3. The van der Waals surface area contributed by atoms with Crippen LogP contribution in [-0.2, 0) is 17.1 Å². The zero-order chi connectivity index (χ0) is 20.5. The summed E-state index contributed by atoms with van der Waals surface area (Å²) in [4.78, 5) is 2.48. The molecule has 0 saturated carbocycles. The van der Waals surface area contributed by atoms with Crippen LogP contribution in [0.1, 0.15) is 19.4 Å². The van der Waals surface area contributed by atoms with Crippen molar-refractivity contribution in [2.45, 2.75) is 20.8 Å². The summed E-state index contributed by atoms with van der Waals surface area (Å²) in [6, 6.07) is 36.5. The van der Waals surface area contributed by atoms with Gasteiger partial charge >= 0.3 is 0 Å². The quantitative estimate of drug-likeness (QED) is 0.204. The maximum Gasteiger partial charge on any atom is 0.00314 e. The van der Waals surface area contributed by atoms with Crippen LogP contribution in [0.4, 0.5) is 5.69 Å². The summed E-state index contributed by atoms with van der Waals surface area (Å²) in [7, 11) is -0.536. The molecule has 0 aliphatic carbocycles. The largest absolute Gasteiger partial charge is 0.748 e. The number of rotatable bonds is 6. The summed E-state index contributed by atoms with van der Waals surface area (Å²) in [5.74, 6) is 0. The second kappa shape index (κ2) is 12.6. The minimum absolute atomic E-state index is 0. The Kier molecular flexibility index (Phi) is 10.1. The third-order valence-electron chi connectivity index (χ3n) is 5.02. The Morgan fingerprint density at radius 2 is 1.17 bits per heavy atom. The molecule has 0 N–H and O–H groups in total. The Balaban J connectivity index is 0.000000468. The Labute approximate surface area is 193 Å². The van der Waals surface area contributed by atoms with Crippen molar-refractivity contribution >= 4 is 29.5 Å². The Morgan fingerprint density at radius 3 is 1.57 bits per heavy atom. The van der Waals surface area contributed by atoms with E-state index in [-0.39, 0.29) is 17.1 Å². The molecule has 1 nitrogen and oxygen atoms in total. The monoisotopic (exact) mass is 455 g/mol. The molecule has 0 aliphatic rings. The van der Waals surface area contributed by atoms with Gasteiger partial charge in [0.25, 0.3) is 0 Å². The fourth-order valence-corrected chi connectivity index (χ4v) is 6.18. The molecule has 162 valence electrons. The van der Waals surface area contributed by atoms with Crippen LogP contribution in [0.25, 0.3) is 0 Å². The molecule has 0 fully saturated rings. The molecule has 4 rings (SSSR count). The third kappa shape index (κ3) is 5.96. The molecular weight excluding hydrogens is 425 g/mol. The van der Waals surface area contributed by atoms with E-state index in [0.29, 0.717) is 0 Å². The maximum atomic E-state index is 2.48. The second-order valence-corrected chi connectivity index (χ2v) is 9.04. The average Bonchev–Trinajstić information content (AvgIpc) is 3.46. The zero-order valence-corrected chi connectivity index (χ0v) is 20.0. The zero-order valence-electron chi connectivity index (χ0n) is 18.0. The molecular formula is C27H30FeNP-6. The average molecular weight is 455 g/mol. The van der Waals surface area contributed by atoms with Crippen LogP contribution in [-0.4, -0.2) is 13.1 Å². The summed E-state index contributed by atoms with van der Waals surface area (Å²) >= 11 is 0. The first-order valence-corrected chi connectivity index (χ1v) is 11.7. The van der Waals surface area contributed by atoms with E-state index < -0.39 is 7.92 Å². The van der Waals surface area contributed by atoms with E-state index >= 15 is 0 Å². The van der Waals surface area contributed by atoms with E-state index in [1.807, 2.05) is 30.3 Å². The van der Waals surface area contributed by atoms with Gasteiger partial charge in [0.1, 0.15) is 0 Å². The molecule has 0 aliphatic heterocycles. The number of hydrogen-bond donors (Lipinski definition) is 0. The molecule has 0 amide bonds. The van der Waals surface area contributed by atoms with E-state index in [1.165, 1.54) is 27.2 Å². The van der Waals surface area contributed by atoms with Crippen molar-refractivity contribution < 1.29 is 17.1 Å². The Morgan fingerprint density at radius 1 is 0.733 bits per heavy atom. The summed E-state index contributed by atoms with van der Waals surface area (Å²) in [6.45, 7) is 8.81. The third-order valence-corrected chi connectivity index (χ3v) is 7.68. The Hall–Kier alpha value is -2.11. The minimum atomic E-state index is -0.536. The van der Waals surface area contributed by atoms with E-state index in [2.05, 4.69) is 98.5 Å². The molecule has 30 heavy (non-hydrogen) atoms. The van der Waals surface area contributed by atoms with Crippen molar-refractivity contribution in [3.63, 3.8) is 0 Å². The molecule has 0 saturated heterocycles. The van der Waals surface area contributed by atoms with Crippen molar-refractivity contribution in [3.05, 3.63) is 109 Å².